The molecule has 0 saturated heterocycles. The molecule has 8 nitrogen and oxygen atoms in total. The number of benzene rings is 1. The third kappa shape index (κ3) is 5.96. The van der Waals surface area contributed by atoms with E-state index >= 15 is 0 Å². The van der Waals surface area contributed by atoms with Crippen molar-refractivity contribution in [1.29, 1.82) is 0 Å². The molecule has 0 radical (unpaired) electrons. The first-order valence-corrected chi connectivity index (χ1v) is 10.8. The molecule has 1 heterocycles. The molecule has 0 N–H and O–H groups in total. The quantitative estimate of drug-likeness (QED) is 0.320. The molecule has 0 fully saturated rings. The van der Waals surface area contributed by atoms with Gasteiger partial charge >= 0.3 is 23.8 Å². The van der Waals surface area contributed by atoms with Crippen LogP contribution < -0.4 is 11.2 Å². The molecule has 1 aromatic heterocycles. The van der Waals surface area contributed by atoms with E-state index in [4.69, 9.17) is 21.1 Å². The average Bonchev–Trinajstić information content (AvgIpc) is 2.71. The molecule has 0 aliphatic rings. The fourth-order valence-corrected chi connectivity index (χ4v) is 3.08. The Balaban J connectivity index is 2.47. The zero-order chi connectivity index (χ0) is 25.1. The summed E-state index contributed by atoms with van der Waals surface area (Å²) in [5, 5.41) is -0.485. The van der Waals surface area contributed by atoms with Crippen molar-refractivity contribution < 1.29 is 36.6 Å². The molecule has 33 heavy (non-hydrogen) atoms. The Bertz CT molecular complexity index is 1190. The van der Waals surface area contributed by atoms with Crippen LogP contribution in [0.15, 0.2) is 27.8 Å². The maximum atomic E-state index is 14.5. The second kappa shape index (κ2) is 10.4. The van der Waals surface area contributed by atoms with Crippen molar-refractivity contribution in [1.82, 2.24) is 9.13 Å². The van der Waals surface area contributed by atoms with Crippen LogP contribution in [0.25, 0.3) is 5.69 Å². The predicted octanol–water partition coefficient (Wildman–Crippen LogP) is 2.80. The van der Waals surface area contributed by atoms with E-state index in [9.17, 15) is 36.7 Å². The molecular weight excluding hydrogens is 496 g/mol. The molecule has 180 valence electrons. The van der Waals surface area contributed by atoms with Crippen molar-refractivity contribution >= 4 is 35.3 Å². The van der Waals surface area contributed by atoms with Gasteiger partial charge in [0.25, 0.3) is 5.56 Å². The minimum Gasteiger partial charge on any atom is -0.462 e. The van der Waals surface area contributed by atoms with E-state index in [0.717, 1.165) is 7.05 Å². The number of alkyl halides is 3. The molecule has 0 amide bonds. The first kappa shape index (κ1) is 26.5. The standard InChI is InChI=1S/C19H17ClF4N2O6S/c1-9(16(28)31-4-5-33-3)32-17(29)10-6-13(12(21)7-11(10)20)26-15(27)8-14(19(22,23)24)25(2)18(26)30/h6-9H,4-5H2,1-3H3/t9-/m0/s1. The summed E-state index contributed by atoms with van der Waals surface area (Å²) in [6.45, 7) is 1.29. The summed E-state index contributed by atoms with van der Waals surface area (Å²) in [4.78, 5) is 49.0. The average molecular weight is 513 g/mol. The Morgan fingerprint density at radius 3 is 2.42 bits per heavy atom. The van der Waals surface area contributed by atoms with Crippen LogP contribution in [0.3, 0.4) is 0 Å². The SMILES string of the molecule is CSCCOC(=O)[C@H](C)OC(=O)c1cc(-n2c(=O)cc(C(F)(F)F)n(C)c2=O)c(F)cc1Cl. The van der Waals surface area contributed by atoms with Gasteiger partial charge in [-0.25, -0.2) is 23.3 Å². The summed E-state index contributed by atoms with van der Waals surface area (Å²) in [6.07, 6.45) is -4.59. The van der Waals surface area contributed by atoms with Crippen LogP contribution in [0.5, 0.6) is 0 Å². The summed E-state index contributed by atoms with van der Waals surface area (Å²) in [5.41, 5.74) is -5.92. The van der Waals surface area contributed by atoms with Gasteiger partial charge in [0.15, 0.2) is 6.10 Å². The molecule has 1 aromatic carbocycles. The highest BCUT2D eigenvalue weighted by Crippen LogP contribution is 2.28. The van der Waals surface area contributed by atoms with Gasteiger partial charge in [-0.3, -0.25) is 9.36 Å². The largest absolute Gasteiger partial charge is 0.462 e. The highest BCUT2D eigenvalue weighted by atomic mass is 35.5. The van der Waals surface area contributed by atoms with E-state index in [1.165, 1.54) is 18.7 Å². The van der Waals surface area contributed by atoms with Gasteiger partial charge in [-0.2, -0.15) is 24.9 Å². The number of halogens is 5. The van der Waals surface area contributed by atoms with Crippen LogP contribution in [0, 0.1) is 5.82 Å². The van der Waals surface area contributed by atoms with E-state index in [2.05, 4.69) is 0 Å². The van der Waals surface area contributed by atoms with Gasteiger partial charge < -0.3 is 9.47 Å². The van der Waals surface area contributed by atoms with E-state index in [0.29, 0.717) is 17.9 Å². The van der Waals surface area contributed by atoms with E-state index in [-0.39, 0.29) is 21.8 Å². The Morgan fingerprint density at radius 1 is 1.21 bits per heavy atom. The first-order chi connectivity index (χ1) is 15.3. The molecule has 0 aliphatic carbocycles. The minimum absolute atomic E-state index is 0.0729. The lowest BCUT2D eigenvalue weighted by Crippen LogP contribution is -2.41. The molecule has 2 aromatic rings. The van der Waals surface area contributed by atoms with Gasteiger partial charge in [0.2, 0.25) is 0 Å². The van der Waals surface area contributed by atoms with Gasteiger partial charge in [-0.15, -0.1) is 0 Å². The second-order valence-corrected chi connectivity index (χ2v) is 7.93. The smallest absolute Gasteiger partial charge is 0.431 e. The molecule has 0 aliphatic heterocycles. The molecule has 0 spiro atoms. The summed E-state index contributed by atoms with van der Waals surface area (Å²) < 4.78 is 63.7. The van der Waals surface area contributed by atoms with Crippen molar-refractivity contribution in [3.8, 4) is 5.69 Å². The lowest BCUT2D eigenvalue weighted by Gasteiger charge is -2.16. The summed E-state index contributed by atoms with van der Waals surface area (Å²) in [5.74, 6) is -2.83. The zero-order valence-corrected chi connectivity index (χ0v) is 18.9. The van der Waals surface area contributed by atoms with Gasteiger partial charge in [0.05, 0.1) is 16.3 Å². The Hall–Kier alpha value is -2.80. The maximum absolute atomic E-state index is 14.5. The van der Waals surface area contributed by atoms with Crippen LogP contribution in [0.4, 0.5) is 17.6 Å². The Kier molecular flexibility index (Phi) is 8.36. The van der Waals surface area contributed by atoms with Crippen molar-refractivity contribution in [3.05, 3.63) is 61.1 Å². The number of rotatable bonds is 7. The van der Waals surface area contributed by atoms with Crippen molar-refractivity contribution in [2.45, 2.75) is 19.2 Å². The fourth-order valence-electron chi connectivity index (χ4n) is 2.60. The number of carbonyl (C=O) groups is 2. The number of ether oxygens (including phenoxy) is 2. The number of carbonyl (C=O) groups excluding carboxylic acids is 2. The first-order valence-electron chi connectivity index (χ1n) is 9.05. The maximum Gasteiger partial charge on any atom is 0.431 e. The number of hydrogen-bond donors (Lipinski definition) is 0. The molecular formula is C19H17ClF4N2O6S. The van der Waals surface area contributed by atoms with Gasteiger partial charge in [-0.1, -0.05) is 11.6 Å². The van der Waals surface area contributed by atoms with Crippen molar-refractivity contribution in [2.24, 2.45) is 7.05 Å². The van der Waals surface area contributed by atoms with E-state index < -0.39 is 63.3 Å². The number of thioether (sulfide) groups is 1. The number of aromatic nitrogens is 2. The summed E-state index contributed by atoms with van der Waals surface area (Å²) in [7, 11) is 0.744. The molecule has 2 rings (SSSR count). The minimum atomic E-state index is -5.01. The van der Waals surface area contributed by atoms with Gasteiger partial charge in [0, 0.05) is 18.9 Å². The predicted molar refractivity (Wildman–Crippen MR) is 111 cm³/mol. The highest BCUT2D eigenvalue weighted by molar-refractivity contribution is 7.98. The third-order valence-electron chi connectivity index (χ3n) is 4.26. The highest BCUT2D eigenvalue weighted by Gasteiger charge is 2.35. The monoisotopic (exact) mass is 512 g/mol. The van der Waals surface area contributed by atoms with Crippen LogP contribution >= 0.6 is 23.4 Å². The lowest BCUT2D eigenvalue weighted by molar-refractivity contribution is -0.152. The fraction of sp³-hybridized carbons (Fsp3) is 0.368. The number of esters is 2. The molecule has 0 unspecified atom stereocenters. The zero-order valence-electron chi connectivity index (χ0n) is 17.4. The lowest BCUT2D eigenvalue weighted by atomic mass is 10.2. The van der Waals surface area contributed by atoms with Crippen LogP contribution in [-0.2, 0) is 27.5 Å². The van der Waals surface area contributed by atoms with Crippen LogP contribution in [0.2, 0.25) is 5.02 Å². The van der Waals surface area contributed by atoms with Crippen LogP contribution in [-0.4, -0.2) is 45.8 Å². The Labute approximate surface area is 193 Å². The summed E-state index contributed by atoms with van der Waals surface area (Å²) >= 11 is 7.28. The summed E-state index contributed by atoms with van der Waals surface area (Å²) in [6, 6.07) is 1.36. The number of nitrogens with zero attached hydrogens (tertiary/aromatic N) is 2. The van der Waals surface area contributed by atoms with E-state index in [1.54, 1.807) is 6.26 Å². The Morgan fingerprint density at radius 2 is 1.85 bits per heavy atom. The van der Waals surface area contributed by atoms with Crippen molar-refractivity contribution in [2.75, 3.05) is 18.6 Å². The molecule has 14 heteroatoms. The normalized spacial score (nSPS) is 12.4. The molecule has 0 bridgehead atoms. The second-order valence-electron chi connectivity index (χ2n) is 6.53. The molecule has 1 atom stereocenters. The topological polar surface area (TPSA) is 96.6 Å². The third-order valence-corrected chi connectivity index (χ3v) is 5.14. The van der Waals surface area contributed by atoms with E-state index in [1.807, 2.05) is 0 Å². The molecule has 0 saturated carbocycles. The van der Waals surface area contributed by atoms with Gasteiger partial charge in [-0.05, 0) is 25.3 Å². The van der Waals surface area contributed by atoms with Gasteiger partial charge in [0.1, 0.15) is 18.1 Å². The number of hydrogen-bond acceptors (Lipinski definition) is 7. The van der Waals surface area contributed by atoms with Crippen LogP contribution in [0.1, 0.15) is 23.0 Å². The van der Waals surface area contributed by atoms with Crippen molar-refractivity contribution in [3.63, 3.8) is 0 Å².